The first-order valence-corrected chi connectivity index (χ1v) is 10.8. The zero-order chi connectivity index (χ0) is 19.3. The van der Waals surface area contributed by atoms with Crippen molar-refractivity contribution in [3.8, 4) is 11.1 Å². The zero-order valence-electron chi connectivity index (χ0n) is 15.3. The molecule has 2 aromatic carbocycles. The molecule has 142 valence electrons. The maximum atomic E-state index is 11.1. The number of nitrogen functional groups attached to an aromatic ring is 1. The van der Waals surface area contributed by atoms with Gasteiger partial charge in [0.05, 0.1) is 29.3 Å². The standard InChI is InChI=1S/C20H24N4O2S/c1-27(25,26)24-12-6-5-11-22-20-17-10-9-16(15-7-3-2-4-8-15)13-19(17)23-14-18(20)21/h2-4,7-10,13-14,24H,5-6,11-12,21H2,1H3,(H,22,23). The minimum absolute atomic E-state index is 0.438. The molecule has 1 heterocycles. The third-order valence-electron chi connectivity index (χ3n) is 4.28. The lowest BCUT2D eigenvalue weighted by atomic mass is 10.0. The van der Waals surface area contributed by atoms with Gasteiger partial charge >= 0.3 is 0 Å². The third kappa shape index (κ3) is 5.18. The highest BCUT2D eigenvalue weighted by atomic mass is 32.2. The van der Waals surface area contributed by atoms with E-state index >= 15 is 0 Å². The Kier molecular flexibility index (Phi) is 5.93. The number of anilines is 2. The molecule has 1 aromatic heterocycles. The number of rotatable bonds is 8. The van der Waals surface area contributed by atoms with E-state index in [1.807, 2.05) is 24.3 Å². The molecule has 0 spiro atoms. The predicted octanol–water partition coefficient (Wildman–Crippen LogP) is 3.23. The Hall–Kier alpha value is -2.64. The van der Waals surface area contributed by atoms with Crippen LogP contribution in [-0.4, -0.2) is 32.7 Å². The van der Waals surface area contributed by atoms with Gasteiger partial charge in [-0.1, -0.05) is 42.5 Å². The number of nitrogens with zero attached hydrogens (tertiary/aromatic N) is 1. The summed E-state index contributed by atoms with van der Waals surface area (Å²) in [6.45, 7) is 1.14. The van der Waals surface area contributed by atoms with E-state index in [-0.39, 0.29) is 0 Å². The number of sulfonamides is 1. The van der Waals surface area contributed by atoms with Crippen LogP contribution in [0.15, 0.2) is 54.7 Å². The molecule has 0 radical (unpaired) electrons. The number of aromatic nitrogens is 1. The summed E-state index contributed by atoms with van der Waals surface area (Å²) >= 11 is 0. The summed E-state index contributed by atoms with van der Waals surface area (Å²) in [6.07, 6.45) is 4.42. The largest absolute Gasteiger partial charge is 0.396 e. The number of fused-ring (bicyclic) bond motifs is 1. The van der Waals surface area contributed by atoms with Crippen LogP contribution in [0.25, 0.3) is 22.0 Å². The first-order valence-electron chi connectivity index (χ1n) is 8.86. The number of nitrogens with one attached hydrogen (secondary N) is 2. The molecule has 3 aromatic rings. The van der Waals surface area contributed by atoms with Crippen LogP contribution < -0.4 is 15.8 Å². The van der Waals surface area contributed by atoms with Gasteiger partial charge in [0.1, 0.15) is 0 Å². The van der Waals surface area contributed by atoms with Gasteiger partial charge in [0.15, 0.2) is 0 Å². The topological polar surface area (TPSA) is 97.1 Å². The van der Waals surface area contributed by atoms with Crippen molar-refractivity contribution in [3.05, 3.63) is 54.7 Å². The quantitative estimate of drug-likeness (QED) is 0.518. The van der Waals surface area contributed by atoms with E-state index in [0.717, 1.165) is 40.6 Å². The van der Waals surface area contributed by atoms with E-state index in [0.29, 0.717) is 18.8 Å². The molecule has 0 fully saturated rings. The average Bonchev–Trinajstić information content (AvgIpc) is 2.65. The van der Waals surface area contributed by atoms with Crippen molar-refractivity contribution in [1.29, 1.82) is 0 Å². The molecule has 0 aliphatic carbocycles. The summed E-state index contributed by atoms with van der Waals surface area (Å²) in [6, 6.07) is 16.3. The summed E-state index contributed by atoms with van der Waals surface area (Å²) < 4.78 is 24.6. The molecule has 0 amide bonds. The third-order valence-corrected chi connectivity index (χ3v) is 5.00. The fraction of sp³-hybridized carbons (Fsp3) is 0.250. The molecule has 0 saturated heterocycles. The molecule has 0 aliphatic heterocycles. The first-order chi connectivity index (χ1) is 12.9. The Balaban J connectivity index is 1.71. The van der Waals surface area contributed by atoms with E-state index in [4.69, 9.17) is 5.73 Å². The minimum atomic E-state index is -3.12. The molecular formula is C20H24N4O2S. The highest BCUT2D eigenvalue weighted by Gasteiger charge is 2.08. The van der Waals surface area contributed by atoms with Gasteiger partial charge in [0.25, 0.3) is 0 Å². The molecular weight excluding hydrogens is 360 g/mol. The number of unbranched alkanes of at least 4 members (excludes halogenated alkanes) is 1. The molecule has 27 heavy (non-hydrogen) atoms. The number of hydrogen-bond donors (Lipinski definition) is 3. The van der Waals surface area contributed by atoms with Crippen LogP contribution in [-0.2, 0) is 10.0 Å². The number of hydrogen-bond acceptors (Lipinski definition) is 5. The average molecular weight is 385 g/mol. The SMILES string of the molecule is CS(=O)(=O)NCCCCNc1c(N)cnc2cc(-c3ccccc3)ccc12. The maximum Gasteiger partial charge on any atom is 0.208 e. The number of benzene rings is 2. The summed E-state index contributed by atoms with van der Waals surface area (Å²) in [4.78, 5) is 4.47. The van der Waals surface area contributed by atoms with Crippen LogP contribution in [0.3, 0.4) is 0 Å². The Bertz CT molecular complexity index is 1020. The van der Waals surface area contributed by atoms with E-state index in [2.05, 4.69) is 39.3 Å². The van der Waals surface area contributed by atoms with Crippen molar-refractivity contribution < 1.29 is 8.42 Å². The lowest BCUT2D eigenvalue weighted by molar-refractivity contribution is 0.584. The minimum Gasteiger partial charge on any atom is -0.396 e. The molecule has 0 aliphatic rings. The summed E-state index contributed by atoms with van der Waals surface area (Å²) in [5, 5.41) is 4.35. The van der Waals surface area contributed by atoms with Gasteiger partial charge in [-0.05, 0) is 30.0 Å². The second-order valence-electron chi connectivity index (χ2n) is 6.49. The van der Waals surface area contributed by atoms with Crippen LogP contribution in [0.4, 0.5) is 11.4 Å². The van der Waals surface area contributed by atoms with Crippen molar-refractivity contribution in [1.82, 2.24) is 9.71 Å². The van der Waals surface area contributed by atoms with Gasteiger partial charge < -0.3 is 11.1 Å². The van der Waals surface area contributed by atoms with E-state index in [1.165, 1.54) is 6.26 Å². The van der Waals surface area contributed by atoms with Gasteiger partial charge in [-0.25, -0.2) is 13.1 Å². The van der Waals surface area contributed by atoms with Crippen LogP contribution >= 0.6 is 0 Å². The van der Waals surface area contributed by atoms with Crippen LogP contribution in [0.2, 0.25) is 0 Å². The van der Waals surface area contributed by atoms with Gasteiger partial charge in [0, 0.05) is 18.5 Å². The van der Waals surface area contributed by atoms with Crippen molar-refractivity contribution in [2.24, 2.45) is 0 Å². The van der Waals surface area contributed by atoms with Crippen LogP contribution in [0.1, 0.15) is 12.8 Å². The maximum absolute atomic E-state index is 11.1. The molecule has 7 heteroatoms. The fourth-order valence-corrected chi connectivity index (χ4v) is 3.45. The molecule has 4 N–H and O–H groups in total. The van der Waals surface area contributed by atoms with Crippen LogP contribution in [0, 0.1) is 0 Å². The number of nitrogens with two attached hydrogens (primary N) is 1. The lowest BCUT2D eigenvalue weighted by Crippen LogP contribution is -2.23. The van der Waals surface area contributed by atoms with Crippen molar-refractivity contribution >= 4 is 32.3 Å². The van der Waals surface area contributed by atoms with Gasteiger partial charge in [-0.15, -0.1) is 0 Å². The molecule has 6 nitrogen and oxygen atoms in total. The van der Waals surface area contributed by atoms with Gasteiger partial charge in [-0.3, -0.25) is 4.98 Å². The number of pyridine rings is 1. The Morgan fingerprint density at radius 2 is 1.74 bits per heavy atom. The Morgan fingerprint density at radius 3 is 2.48 bits per heavy atom. The van der Waals surface area contributed by atoms with Crippen molar-refractivity contribution in [2.75, 3.05) is 30.4 Å². The zero-order valence-corrected chi connectivity index (χ0v) is 16.1. The van der Waals surface area contributed by atoms with E-state index < -0.39 is 10.0 Å². The monoisotopic (exact) mass is 384 g/mol. The Morgan fingerprint density at radius 1 is 1.00 bits per heavy atom. The highest BCUT2D eigenvalue weighted by Crippen LogP contribution is 2.31. The molecule has 3 rings (SSSR count). The lowest BCUT2D eigenvalue weighted by Gasteiger charge is -2.13. The smallest absolute Gasteiger partial charge is 0.208 e. The second-order valence-corrected chi connectivity index (χ2v) is 8.32. The van der Waals surface area contributed by atoms with Crippen LogP contribution in [0.5, 0.6) is 0 Å². The Labute approximate surface area is 159 Å². The molecule has 0 bridgehead atoms. The molecule has 0 unspecified atom stereocenters. The molecule has 0 saturated carbocycles. The van der Waals surface area contributed by atoms with Gasteiger partial charge in [0.2, 0.25) is 10.0 Å². The normalized spacial score (nSPS) is 11.6. The fourth-order valence-electron chi connectivity index (χ4n) is 2.94. The van der Waals surface area contributed by atoms with E-state index in [1.54, 1.807) is 6.20 Å². The highest BCUT2D eigenvalue weighted by molar-refractivity contribution is 7.88. The predicted molar refractivity (Wildman–Crippen MR) is 112 cm³/mol. The first kappa shape index (κ1) is 19.1. The summed E-state index contributed by atoms with van der Waals surface area (Å²) in [5.41, 5.74) is 10.7. The molecule has 0 atom stereocenters. The van der Waals surface area contributed by atoms with Crippen molar-refractivity contribution in [3.63, 3.8) is 0 Å². The summed E-state index contributed by atoms with van der Waals surface area (Å²) in [5.74, 6) is 0. The summed E-state index contributed by atoms with van der Waals surface area (Å²) in [7, 11) is -3.12. The van der Waals surface area contributed by atoms with Crippen molar-refractivity contribution in [2.45, 2.75) is 12.8 Å². The van der Waals surface area contributed by atoms with E-state index in [9.17, 15) is 8.42 Å². The van der Waals surface area contributed by atoms with Gasteiger partial charge in [-0.2, -0.15) is 0 Å². The second kappa shape index (κ2) is 8.37.